The molecule has 1 aromatic carbocycles. The first-order valence-corrected chi connectivity index (χ1v) is 8.59. The van der Waals surface area contributed by atoms with Crippen molar-refractivity contribution in [1.82, 2.24) is 4.72 Å². The average Bonchev–Trinajstić information content (AvgIpc) is 2.77. The molecule has 2 N–H and O–H groups in total. The minimum absolute atomic E-state index is 0.139. The van der Waals surface area contributed by atoms with Crippen LogP contribution in [0.2, 0.25) is 5.02 Å². The van der Waals surface area contributed by atoms with Gasteiger partial charge in [-0.15, -0.1) is 0 Å². The predicted molar refractivity (Wildman–Crippen MR) is 74.0 cm³/mol. The van der Waals surface area contributed by atoms with Crippen molar-refractivity contribution in [2.45, 2.75) is 16.9 Å². The summed E-state index contributed by atoms with van der Waals surface area (Å²) in [5, 5.41) is 8.97. The number of rotatable bonds is 4. The third kappa shape index (κ3) is 2.93. The lowest BCUT2D eigenvalue weighted by atomic mass is 10.0. The zero-order valence-corrected chi connectivity index (χ0v) is 12.5. The van der Waals surface area contributed by atoms with E-state index in [0.717, 1.165) is 18.2 Å². The summed E-state index contributed by atoms with van der Waals surface area (Å²) in [6.45, 7) is 0. The van der Waals surface area contributed by atoms with Crippen molar-refractivity contribution in [3.63, 3.8) is 0 Å². The molecule has 1 aliphatic rings. The van der Waals surface area contributed by atoms with Crippen molar-refractivity contribution < 1.29 is 22.7 Å². The van der Waals surface area contributed by atoms with Gasteiger partial charge in [-0.3, -0.25) is 4.79 Å². The Morgan fingerprint density at radius 2 is 2.20 bits per heavy atom. The van der Waals surface area contributed by atoms with E-state index in [1.807, 2.05) is 0 Å². The molecule has 0 radical (unpaired) electrons. The molecule has 1 fully saturated rings. The number of thioether (sulfide) groups is 1. The van der Waals surface area contributed by atoms with Crippen LogP contribution >= 0.6 is 23.4 Å². The Kier molecular flexibility index (Phi) is 4.29. The highest BCUT2D eigenvalue weighted by Crippen LogP contribution is 2.31. The Morgan fingerprint density at radius 3 is 2.70 bits per heavy atom. The average molecular weight is 340 g/mol. The number of sulfonamides is 1. The van der Waals surface area contributed by atoms with Crippen molar-refractivity contribution in [2.24, 2.45) is 0 Å². The van der Waals surface area contributed by atoms with Gasteiger partial charge in [0.2, 0.25) is 10.0 Å². The highest BCUT2D eigenvalue weighted by atomic mass is 35.5. The Hall–Kier alpha value is -0.830. The van der Waals surface area contributed by atoms with Gasteiger partial charge in [-0.2, -0.15) is 16.5 Å². The molecule has 0 aliphatic carbocycles. The molecule has 9 heteroatoms. The van der Waals surface area contributed by atoms with Crippen LogP contribution in [0.15, 0.2) is 23.1 Å². The number of aliphatic carboxylic acids is 1. The second kappa shape index (κ2) is 5.51. The quantitative estimate of drug-likeness (QED) is 0.872. The largest absolute Gasteiger partial charge is 0.480 e. The number of nitrogens with one attached hydrogen (secondary N) is 1. The van der Waals surface area contributed by atoms with Gasteiger partial charge in [-0.1, -0.05) is 11.6 Å². The van der Waals surface area contributed by atoms with E-state index in [1.54, 1.807) is 0 Å². The molecule has 0 spiro atoms. The lowest BCUT2D eigenvalue weighted by Crippen LogP contribution is -2.54. The van der Waals surface area contributed by atoms with E-state index in [1.165, 1.54) is 11.8 Å². The first kappa shape index (κ1) is 15.6. The fourth-order valence-corrected chi connectivity index (χ4v) is 5.20. The molecule has 20 heavy (non-hydrogen) atoms. The smallest absolute Gasteiger partial charge is 0.325 e. The summed E-state index contributed by atoms with van der Waals surface area (Å²) in [5.74, 6) is -1.21. The van der Waals surface area contributed by atoms with Gasteiger partial charge < -0.3 is 5.11 Å². The van der Waals surface area contributed by atoms with Crippen LogP contribution in [-0.4, -0.2) is 36.5 Å². The maximum absolute atomic E-state index is 12.9. The van der Waals surface area contributed by atoms with Crippen LogP contribution in [0.4, 0.5) is 4.39 Å². The maximum Gasteiger partial charge on any atom is 0.325 e. The van der Waals surface area contributed by atoms with E-state index >= 15 is 0 Å². The molecule has 1 unspecified atom stereocenters. The third-order valence-electron chi connectivity index (χ3n) is 2.94. The number of benzene rings is 1. The Labute approximate surface area is 124 Å². The SMILES string of the molecule is O=C(O)C1(NS(=O)(=O)c2ccc(F)cc2Cl)CCSC1. The second-order valence-corrected chi connectivity index (χ2v) is 7.53. The molecule has 1 aromatic rings. The predicted octanol–water partition coefficient (Wildman–Crippen LogP) is 1.72. The van der Waals surface area contributed by atoms with E-state index in [9.17, 15) is 22.7 Å². The zero-order valence-electron chi connectivity index (χ0n) is 10.1. The number of carbonyl (C=O) groups is 1. The van der Waals surface area contributed by atoms with E-state index in [2.05, 4.69) is 4.72 Å². The molecular formula is C11H11ClFNO4S2. The van der Waals surface area contributed by atoms with E-state index < -0.39 is 27.3 Å². The summed E-state index contributed by atoms with van der Waals surface area (Å²) in [6.07, 6.45) is 0.186. The second-order valence-electron chi connectivity index (χ2n) is 4.37. The summed E-state index contributed by atoms with van der Waals surface area (Å²) < 4.78 is 39.6. The van der Waals surface area contributed by atoms with Crippen LogP contribution in [0.1, 0.15) is 6.42 Å². The van der Waals surface area contributed by atoms with Crippen molar-refractivity contribution >= 4 is 39.4 Å². The fourth-order valence-electron chi connectivity index (χ4n) is 1.86. The highest BCUT2D eigenvalue weighted by molar-refractivity contribution is 7.99. The van der Waals surface area contributed by atoms with Gasteiger partial charge in [-0.05, 0) is 30.4 Å². The molecule has 0 saturated carbocycles. The van der Waals surface area contributed by atoms with Crippen LogP contribution < -0.4 is 4.72 Å². The number of hydrogen-bond acceptors (Lipinski definition) is 4. The molecule has 1 aliphatic heterocycles. The molecule has 110 valence electrons. The normalized spacial score (nSPS) is 22.9. The molecule has 1 saturated heterocycles. The summed E-state index contributed by atoms with van der Waals surface area (Å²) in [7, 11) is -4.14. The lowest BCUT2D eigenvalue weighted by Gasteiger charge is -2.24. The van der Waals surface area contributed by atoms with Crippen molar-refractivity contribution in [2.75, 3.05) is 11.5 Å². The molecule has 1 heterocycles. The number of hydrogen-bond donors (Lipinski definition) is 2. The van der Waals surface area contributed by atoms with Crippen LogP contribution in [-0.2, 0) is 14.8 Å². The molecule has 0 amide bonds. The van der Waals surface area contributed by atoms with Crippen molar-refractivity contribution in [3.8, 4) is 0 Å². The number of carboxylic acid groups (broad SMARTS) is 1. The fraction of sp³-hybridized carbons (Fsp3) is 0.364. The van der Waals surface area contributed by atoms with Crippen LogP contribution in [0, 0.1) is 5.82 Å². The van der Waals surface area contributed by atoms with Gasteiger partial charge in [0.25, 0.3) is 0 Å². The number of halogens is 2. The van der Waals surface area contributed by atoms with Gasteiger partial charge >= 0.3 is 5.97 Å². The van der Waals surface area contributed by atoms with E-state index in [4.69, 9.17) is 11.6 Å². The first-order valence-electron chi connectivity index (χ1n) is 5.57. The minimum atomic E-state index is -4.14. The van der Waals surface area contributed by atoms with Gasteiger partial charge in [0.1, 0.15) is 16.3 Å². The van der Waals surface area contributed by atoms with Crippen LogP contribution in [0.3, 0.4) is 0 Å². The van der Waals surface area contributed by atoms with Gasteiger partial charge in [-0.25, -0.2) is 12.8 Å². The summed E-state index contributed by atoms with van der Waals surface area (Å²) in [4.78, 5) is 11.0. The van der Waals surface area contributed by atoms with Crippen molar-refractivity contribution in [1.29, 1.82) is 0 Å². The van der Waals surface area contributed by atoms with Crippen LogP contribution in [0.25, 0.3) is 0 Å². The first-order chi connectivity index (χ1) is 9.27. The molecular weight excluding hydrogens is 329 g/mol. The Balaban J connectivity index is 2.38. The molecule has 2 rings (SSSR count). The molecule has 5 nitrogen and oxygen atoms in total. The maximum atomic E-state index is 12.9. The van der Waals surface area contributed by atoms with Gasteiger partial charge in [0.05, 0.1) is 5.02 Å². The lowest BCUT2D eigenvalue weighted by molar-refractivity contribution is -0.142. The van der Waals surface area contributed by atoms with E-state index in [-0.39, 0.29) is 22.1 Å². The summed E-state index contributed by atoms with van der Waals surface area (Å²) in [6, 6.07) is 2.84. The van der Waals surface area contributed by atoms with Crippen molar-refractivity contribution in [3.05, 3.63) is 29.0 Å². The van der Waals surface area contributed by atoms with Gasteiger partial charge in [0.15, 0.2) is 0 Å². The van der Waals surface area contributed by atoms with Crippen LogP contribution in [0.5, 0.6) is 0 Å². The van der Waals surface area contributed by atoms with E-state index in [0.29, 0.717) is 5.75 Å². The zero-order chi connectivity index (χ0) is 15.0. The summed E-state index contributed by atoms with van der Waals surface area (Å²) in [5.41, 5.74) is -1.54. The topological polar surface area (TPSA) is 83.5 Å². The standard InChI is InChI=1S/C11H11ClFNO4S2/c12-8-5-7(13)1-2-9(8)20(17,18)14-11(10(15)16)3-4-19-6-11/h1-2,5,14H,3-4,6H2,(H,15,16). The molecule has 0 bridgehead atoms. The Morgan fingerprint density at radius 1 is 1.50 bits per heavy atom. The highest BCUT2D eigenvalue weighted by Gasteiger charge is 2.45. The van der Waals surface area contributed by atoms with Gasteiger partial charge in [0, 0.05) is 5.75 Å². The monoisotopic (exact) mass is 339 g/mol. The Bertz CT molecular complexity index is 644. The summed E-state index contributed by atoms with van der Waals surface area (Å²) >= 11 is 7.06. The molecule has 0 aromatic heterocycles. The number of carboxylic acids is 1. The third-order valence-corrected chi connectivity index (χ3v) is 6.15. The minimum Gasteiger partial charge on any atom is -0.480 e. The molecule has 1 atom stereocenters.